The third-order valence-corrected chi connectivity index (χ3v) is 2.91. The van der Waals surface area contributed by atoms with E-state index in [0.29, 0.717) is 5.56 Å². The number of esters is 1. The highest BCUT2D eigenvalue weighted by Crippen LogP contribution is 2.32. The number of ether oxygens (including phenoxy) is 2. The zero-order valence-corrected chi connectivity index (χ0v) is 11.9. The number of hydrogen-bond acceptors (Lipinski definition) is 6. The summed E-state index contributed by atoms with van der Waals surface area (Å²) in [5.74, 6) is -1.65. The number of carbonyl (C=O) groups is 2. The smallest absolute Gasteiger partial charge is 0.337 e. The first-order valence-corrected chi connectivity index (χ1v) is 6.30. The van der Waals surface area contributed by atoms with Crippen molar-refractivity contribution in [2.24, 2.45) is 0 Å². The van der Waals surface area contributed by atoms with Crippen molar-refractivity contribution in [1.29, 1.82) is 0 Å². The van der Waals surface area contributed by atoms with Crippen molar-refractivity contribution >= 4 is 17.6 Å². The average molecular weight is 317 g/mol. The van der Waals surface area contributed by atoms with Gasteiger partial charge in [0.15, 0.2) is 0 Å². The van der Waals surface area contributed by atoms with Crippen LogP contribution in [0.1, 0.15) is 20.7 Å². The van der Waals surface area contributed by atoms with Gasteiger partial charge in [-0.1, -0.05) is 0 Å². The molecule has 0 saturated carbocycles. The Morgan fingerprint density at radius 3 is 2.22 bits per heavy atom. The molecule has 23 heavy (non-hydrogen) atoms. The van der Waals surface area contributed by atoms with Gasteiger partial charge in [-0.2, -0.15) is 0 Å². The predicted octanol–water partition coefficient (Wildman–Crippen LogP) is 2.87. The minimum absolute atomic E-state index is 0.106. The molecule has 0 aliphatic carbocycles. The summed E-state index contributed by atoms with van der Waals surface area (Å²) in [7, 11) is 1.25. The topological polar surface area (TPSA) is 116 Å². The van der Waals surface area contributed by atoms with Crippen molar-refractivity contribution in [3.63, 3.8) is 0 Å². The second-order valence-corrected chi connectivity index (χ2v) is 4.36. The monoisotopic (exact) mass is 317 g/mol. The lowest BCUT2D eigenvalue weighted by molar-refractivity contribution is -0.385. The fourth-order valence-corrected chi connectivity index (χ4v) is 1.78. The van der Waals surface area contributed by atoms with Gasteiger partial charge in [0.05, 0.1) is 23.2 Å². The highest BCUT2D eigenvalue weighted by Gasteiger charge is 2.19. The number of nitro groups is 1. The standard InChI is InChI=1S/C15H11NO7/c1-22-15(19)9-2-5-11(6-3-9)23-13-7-4-10(14(17)18)8-12(13)16(20)21/h2-8H,1H3,(H,17,18). The SMILES string of the molecule is COC(=O)c1ccc(Oc2ccc(C(=O)O)cc2[N+](=O)[O-])cc1. The van der Waals surface area contributed by atoms with E-state index in [1.165, 1.54) is 43.5 Å². The molecule has 0 spiro atoms. The van der Waals surface area contributed by atoms with Crippen molar-refractivity contribution in [2.75, 3.05) is 7.11 Å². The molecule has 2 aromatic carbocycles. The lowest BCUT2D eigenvalue weighted by Crippen LogP contribution is -2.01. The van der Waals surface area contributed by atoms with E-state index >= 15 is 0 Å². The van der Waals surface area contributed by atoms with Gasteiger partial charge >= 0.3 is 17.6 Å². The molecule has 0 aliphatic rings. The van der Waals surface area contributed by atoms with Crippen LogP contribution in [0, 0.1) is 10.1 Å². The second kappa shape index (κ2) is 6.56. The number of carboxylic acids is 1. The number of aromatic carboxylic acids is 1. The molecule has 2 aromatic rings. The molecule has 0 aliphatic heterocycles. The van der Waals surface area contributed by atoms with Crippen LogP contribution in [-0.2, 0) is 4.74 Å². The van der Waals surface area contributed by atoms with Crippen LogP contribution in [0.3, 0.4) is 0 Å². The van der Waals surface area contributed by atoms with Gasteiger partial charge in [0.25, 0.3) is 0 Å². The number of rotatable bonds is 5. The van der Waals surface area contributed by atoms with Gasteiger partial charge in [-0.3, -0.25) is 10.1 Å². The lowest BCUT2D eigenvalue weighted by atomic mass is 10.2. The fraction of sp³-hybridized carbons (Fsp3) is 0.0667. The fourth-order valence-electron chi connectivity index (χ4n) is 1.78. The zero-order chi connectivity index (χ0) is 17.0. The number of nitrogens with zero attached hydrogens (tertiary/aromatic N) is 1. The molecule has 2 rings (SSSR count). The van der Waals surface area contributed by atoms with Crippen LogP contribution in [0.25, 0.3) is 0 Å². The molecule has 0 heterocycles. The van der Waals surface area contributed by atoms with Crippen molar-refractivity contribution < 1.29 is 29.1 Å². The summed E-state index contributed by atoms with van der Waals surface area (Å²) in [5.41, 5.74) is -0.386. The Balaban J connectivity index is 2.30. The predicted molar refractivity (Wildman–Crippen MR) is 77.9 cm³/mol. The molecule has 0 fully saturated rings. The van der Waals surface area contributed by atoms with E-state index in [0.717, 1.165) is 6.07 Å². The Bertz CT molecular complexity index is 768. The maximum Gasteiger partial charge on any atom is 0.337 e. The van der Waals surface area contributed by atoms with Crippen molar-refractivity contribution in [3.8, 4) is 11.5 Å². The van der Waals surface area contributed by atoms with Crippen LogP contribution in [-0.4, -0.2) is 29.1 Å². The van der Waals surface area contributed by atoms with Crippen molar-refractivity contribution in [2.45, 2.75) is 0 Å². The van der Waals surface area contributed by atoms with E-state index in [-0.39, 0.29) is 17.1 Å². The number of carboxylic acid groups (broad SMARTS) is 1. The normalized spacial score (nSPS) is 9.96. The molecule has 8 heteroatoms. The molecular formula is C15H11NO7. The molecule has 0 bridgehead atoms. The zero-order valence-electron chi connectivity index (χ0n) is 11.9. The van der Waals surface area contributed by atoms with E-state index in [2.05, 4.69) is 4.74 Å². The van der Waals surface area contributed by atoms with Gasteiger partial charge in [0, 0.05) is 6.07 Å². The Morgan fingerprint density at radius 1 is 1.09 bits per heavy atom. The molecule has 0 amide bonds. The first-order chi connectivity index (χ1) is 10.9. The molecule has 0 unspecified atom stereocenters. The first kappa shape index (κ1) is 16.0. The van der Waals surface area contributed by atoms with E-state index in [9.17, 15) is 19.7 Å². The summed E-state index contributed by atoms with van der Waals surface area (Å²) in [6, 6.07) is 9.10. The molecule has 0 atom stereocenters. The van der Waals surface area contributed by atoms with E-state index in [4.69, 9.17) is 9.84 Å². The van der Waals surface area contributed by atoms with Gasteiger partial charge in [-0.25, -0.2) is 9.59 Å². The molecular weight excluding hydrogens is 306 g/mol. The Labute approximate surface area is 130 Å². The maximum atomic E-state index is 11.3. The Kier molecular flexibility index (Phi) is 4.55. The molecule has 0 aromatic heterocycles. The van der Waals surface area contributed by atoms with Crippen LogP contribution < -0.4 is 4.74 Å². The number of nitro benzene ring substituents is 1. The molecule has 0 saturated heterocycles. The van der Waals surface area contributed by atoms with E-state index in [1.54, 1.807) is 0 Å². The molecule has 8 nitrogen and oxygen atoms in total. The van der Waals surface area contributed by atoms with Crippen LogP contribution >= 0.6 is 0 Å². The highest BCUT2D eigenvalue weighted by atomic mass is 16.6. The molecule has 1 N–H and O–H groups in total. The third-order valence-electron chi connectivity index (χ3n) is 2.91. The highest BCUT2D eigenvalue weighted by molar-refractivity contribution is 5.89. The summed E-state index contributed by atoms with van der Waals surface area (Å²) < 4.78 is 9.94. The summed E-state index contributed by atoms with van der Waals surface area (Å²) in [4.78, 5) is 32.5. The van der Waals surface area contributed by atoms with Gasteiger partial charge in [-0.15, -0.1) is 0 Å². The van der Waals surface area contributed by atoms with Crippen LogP contribution in [0.5, 0.6) is 11.5 Å². The van der Waals surface area contributed by atoms with Crippen LogP contribution in [0.4, 0.5) is 5.69 Å². The van der Waals surface area contributed by atoms with E-state index in [1.807, 2.05) is 0 Å². The molecule has 118 valence electrons. The van der Waals surface area contributed by atoms with Crippen molar-refractivity contribution in [3.05, 3.63) is 63.7 Å². The summed E-state index contributed by atoms with van der Waals surface area (Å²) in [6.45, 7) is 0. The average Bonchev–Trinajstić information content (AvgIpc) is 2.54. The Morgan fingerprint density at radius 2 is 1.70 bits per heavy atom. The maximum absolute atomic E-state index is 11.3. The van der Waals surface area contributed by atoms with Crippen molar-refractivity contribution in [1.82, 2.24) is 0 Å². The first-order valence-electron chi connectivity index (χ1n) is 6.30. The third kappa shape index (κ3) is 3.62. The van der Waals surface area contributed by atoms with Gasteiger partial charge < -0.3 is 14.6 Å². The second-order valence-electron chi connectivity index (χ2n) is 4.36. The minimum atomic E-state index is -1.28. The number of carbonyl (C=O) groups excluding carboxylic acids is 1. The van der Waals surface area contributed by atoms with Gasteiger partial charge in [-0.05, 0) is 36.4 Å². The van der Waals surface area contributed by atoms with Crippen LogP contribution in [0.2, 0.25) is 0 Å². The van der Waals surface area contributed by atoms with Crippen LogP contribution in [0.15, 0.2) is 42.5 Å². The van der Waals surface area contributed by atoms with Gasteiger partial charge in [0.1, 0.15) is 5.75 Å². The number of methoxy groups -OCH3 is 1. The van der Waals surface area contributed by atoms with Gasteiger partial charge in [0.2, 0.25) is 5.75 Å². The minimum Gasteiger partial charge on any atom is -0.478 e. The Hall–Kier alpha value is -3.42. The quantitative estimate of drug-likeness (QED) is 0.512. The summed E-state index contributed by atoms with van der Waals surface area (Å²) >= 11 is 0. The summed E-state index contributed by atoms with van der Waals surface area (Å²) in [5, 5.41) is 19.9. The molecule has 0 radical (unpaired) electrons. The lowest BCUT2D eigenvalue weighted by Gasteiger charge is -2.07. The summed E-state index contributed by atoms with van der Waals surface area (Å²) in [6.07, 6.45) is 0. The number of hydrogen-bond donors (Lipinski definition) is 1. The van der Waals surface area contributed by atoms with E-state index < -0.39 is 22.5 Å². The largest absolute Gasteiger partial charge is 0.478 e. The number of benzene rings is 2.